The second-order valence-corrected chi connectivity index (χ2v) is 5.18. The van der Waals surface area contributed by atoms with Crippen LogP contribution in [0.5, 0.6) is 0 Å². The largest absolute Gasteiger partial charge is 0.378 e. The lowest BCUT2D eigenvalue weighted by molar-refractivity contribution is 0.629. The van der Waals surface area contributed by atoms with E-state index in [1.807, 2.05) is 0 Å². The van der Waals surface area contributed by atoms with E-state index in [0.29, 0.717) is 23.5 Å². The van der Waals surface area contributed by atoms with Gasteiger partial charge in [0.2, 0.25) is 0 Å². The van der Waals surface area contributed by atoms with Crippen molar-refractivity contribution in [3.8, 4) is 11.8 Å². The van der Waals surface area contributed by atoms with E-state index in [4.69, 9.17) is 5.26 Å². The molecule has 3 rings (SSSR count). The lowest BCUT2D eigenvalue weighted by Gasteiger charge is -2.08. The van der Waals surface area contributed by atoms with Crippen LogP contribution in [0.2, 0.25) is 0 Å². The van der Waals surface area contributed by atoms with Gasteiger partial charge < -0.3 is 5.32 Å². The SMILES string of the molecule is N#Cc1csc(CNc2cc(-n3cnnn3)ccc2F)c1. The van der Waals surface area contributed by atoms with Crippen LogP contribution in [0, 0.1) is 17.1 Å². The number of anilines is 1. The molecule has 2 heterocycles. The van der Waals surface area contributed by atoms with Crippen LogP contribution in [0.4, 0.5) is 10.1 Å². The Labute approximate surface area is 123 Å². The van der Waals surface area contributed by atoms with Crippen molar-refractivity contribution in [2.24, 2.45) is 0 Å². The zero-order valence-corrected chi connectivity index (χ0v) is 11.5. The number of thiophene rings is 1. The highest BCUT2D eigenvalue weighted by Gasteiger charge is 2.07. The van der Waals surface area contributed by atoms with E-state index in [1.54, 1.807) is 23.6 Å². The lowest BCUT2D eigenvalue weighted by Crippen LogP contribution is -2.02. The molecule has 3 aromatic rings. The first-order valence-electron chi connectivity index (χ1n) is 6.00. The zero-order chi connectivity index (χ0) is 14.7. The summed E-state index contributed by atoms with van der Waals surface area (Å²) in [7, 11) is 0. The van der Waals surface area contributed by atoms with Crippen LogP contribution in [-0.2, 0) is 6.54 Å². The third-order valence-corrected chi connectivity index (χ3v) is 3.74. The second kappa shape index (κ2) is 5.68. The van der Waals surface area contributed by atoms with Gasteiger partial charge in [-0.3, -0.25) is 0 Å². The number of aromatic nitrogens is 4. The number of halogens is 1. The van der Waals surface area contributed by atoms with Crippen molar-refractivity contribution >= 4 is 17.0 Å². The van der Waals surface area contributed by atoms with Crippen molar-refractivity contribution in [1.29, 1.82) is 5.26 Å². The summed E-state index contributed by atoms with van der Waals surface area (Å²) < 4.78 is 15.3. The summed E-state index contributed by atoms with van der Waals surface area (Å²) in [5, 5.41) is 24.4. The minimum Gasteiger partial charge on any atom is -0.378 e. The fourth-order valence-corrected chi connectivity index (χ4v) is 2.53. The molecule has 0 aliphatic rings. The molecule has 0 saturated heterocycles. The van der Waals surface area contributed by atoms with E-state index in [1.165, 1.54) is 28.4 Å². The number of nitrogens with one attached hydrogen (secondary N) is 1. The van der Waals surface area contributed by atoms with Crippen molar-refractivity contribution in [2.75, 3.05) is 5.32 Å². The quantitative estimate of drug-likeness (QED) is 0.800. The fourth-order valence-electron chi connectivity index (χ4n) is 1.79. The minimum atomic E-state index is -0.358. The van der Waals surface area contributed by atoms with E-state index >= 15 is 0 Å². The Morgan fingerprint density at radius 3 is 3.00 bits per heavy atom. The predicted octanol–water partition coefficient (Wildman–Crippen LogP) is 2.35. The van der Waals surface area contributed by atoms with Crippen LogP contribution in [0.25, 0.3) is 5.69 Å². The highest BCUT2D eigenvalue weighted by atomic mass is 32.1. The van der Waals surface area contributed by atoms with E-state index in [-0.39, 0.29) is 5.82 Å². The Kier molecular flexibility index (Phi) is 3.57. The van der Waals surface area contributed by atoms with Gasteiger partial charge in [0, 0.05) is 16.8 Å². The van der Waals surface area contributed by atoms with Gasteiger partial charge in [-0.15, -0.1) is 16.4 Å². The highest BCUT2D eigenvalue weighted by Crippen LogP contribution is 2.21. The van der Waals surface area contributed by atoms with Crippen LogP contribution in [0.15, 0.2) is 36.0 Å². The molecule has 0 aliphatic carbocycles. The summed E-state index contributed by atoms with van der Waals surface area (Å²) in [5.41, 5.74) is 1.63. The number of hydrogen-bond donors (Lipinski definition) is 1. The molecule has 0 saturated carbocycles. The number of rotatable bonds is 4. The molecule has 0 bridgehead atoms. The molecule has 0 radical (unpaired) electrons. The highest BCUT2D eigenvalue weighted by molar-refractivity contribution is 7.10. The van der Waals surface area contributed by atoms with Crippen LogP contribution in [0.3, 0.4) is 0 Å². The van der Waals surface area contributed by atoms with E-state index in [0.717, 1.165) is 4.88 Å². The third-order valence-electron chi connectivity index (χ3n) is 2.80. The Bertz CT molecular complexity index is 789. The van der Waals surface area contributed by atoms with Gasteiger partial charge in [0.1, 0.15) is 18.2 Å². The third kappa shape index (κ3) is 2.88. The summed E-state index contributed by atoms with van der Waals surface area (Å²) in [6, 6.07) is 8.42. The maximum Gasteiger partial charge on any atom is 0.146 e. The first kappa shape index (κ1) is 13.2. The average molecular weight is 300 g/mol. The predicted molar refractivity (Wildman–Crippen MR) is 75.5 cm³/mol. The Balaban J connectivity index is 1.78. The topological polar surface area (TPSA) is 79.4 Å². The first-order chi connectivity index (χ1) is 10.3. The monoisotopic (exact) mass is 300 g/mol. The van der Waals surface area contributed by atoms with Crippen LogP contribution in [-0.4, -0.2) is 20.2 Å². The normalized spacial score (nSPS) is 10.3. The lowest BCUT2D eigenvalue weighted by atomic mass is 10.2. The summed E-state index contributed by atoms with van der Waals surface area (Å²) in [6.45, 7) is 0.447. The smallest absolute Gasteiger partial charge is 0.146 e. The molecule has 0 atom stereocenters. The van der Waals surface area contributed by atoms with Gasteiger partial charge in [0.25, 0.3) is 0 Å². The number of tetrazole rings is 1. The molecule has 0 fully saturated rings. The summed E-state index contributed by atoms with van der Waals surface area (Å²) >= 11 is 1.46. The van der Waals surface area contributed by atoms with Crippen molar-refractivity contribution < 1.29 is 4.39 Å². The molecule has 0 spiro atoms. The molecule has 1 aromatic carbocycles. The van der Waals surface area contributed by atoms with Gasteiger partial charge in [0.05, 0.1) is 16.9 Å². The van der Waals surface area contributed by atoms with Gasteiger partial charge in [-0.05, 0) is 34.7 Å². The fraction of sp³-hybridized carbons (Fsp3) is 0.0769. The first-order valence-corrected chi connectivity index (χ1v) is 6.88. The van der Waals surface area contributed by atoms with Crippen molar-refractivity contribution in [3.63, 3.8) is 0 Å². The molecule has 104 valence electrons. The van der Waals surface area contributed by atoms with Gasteiger partial charge >= 0.3 is 0 Å². The molecule has 0 aliphatic heterocycles. The van der Waals surface area contributed by atoms with Crippen LogP contribution < -0.4 is 5.32 Å². The molecule has 0 unspecified atom stereocenters. The molecule has 2 aromatic heterocycles. The molecule has 0 amide bonds. The number of benzene rings is 1. The standard InChI is InChI=1S/C13H9FN6S/c14-12-2-1-10(20-8-17-18-19-20)4-13(12)16-6-11-3-9(5-15)7-21-11/h1-4,7-8,16H,6H2. The molecular weight excluding hydrogens is 291 g/mol. The average Bonchev–Trinajstić information content (AvgIpc) is 3.18. The minimum absolute atomic E-state index is 0.356. The number of hydrogen-bond acceptors (Lipinski definition) is 6. The zero-order valence-electron chi connectivity index (χ0n) is 10.7. The molecule has 8 heteroatoms. The van der Waals surface area contributed by atoms with Gasteiger partial charge in [-0.25, -0.2) is 9.07 Å². The number of nitrogens with zero attached hydrogens (tertiary/aromatic N) is 5. The molecule has 21 heavy (non-hydrogen) atoms. The molecule has 6 nitrogen and oxygen atoms in total. The summed E-state index contributed by atoms with van der Waals surface area (Å²) in [6.07, 6.45) is 1.44. The van der Waals surface area contributed by atoms with E-state index in [9.17, 15) is 4.39 Å². The van der Waals surface area contributed by atoms with Gasteiger partial charge in [0.15, 0.2) is 0 Å². The van der Waals surface area contributed by atoms with Gasteiger partial charge in [-0.2, -0.15) is 5.26 Å². The summed E-state index contributed by atoms with van der Waals surface area (Å²) in [5.74, 6) is -0.358. The van der Waals surface area contributed by atoms with Crippen molar-refractivity contribution in [2.45, 2.75) is 6.54 Å². The Morgan fingerprint density at radius 2 is 2.29 bits per heavy atom. The van der Waals surface area contributed by atoms with E-state index < -0.39 is 0 Å². The molecular formula is C13H9FN6S. The Hall–Kier alpha value is -2.79. The van der Waals surface area contributed by atoms with Crippen molar-refractivity contribution in [3.05, 3.63) is 52.2 Å². The van der Waals surface area contributed by atoms with Crippen molar-refractivity contribution in [1.82, 2.24) is 20.2 Å². The van der Waals surface area contributed by atoms with E-state index in [2.05, 4.69) is 26.9 Å². The number of nitriles is 1. The summed E-state index contributed by atoms with van der Waals surface area (Å²) in [4.78, 5) is 0.957. The van der Waals surface area contributed by atoms with Crippen LogP contribution >= 0.6 is 11.3 Å². The molecule has 1 N–H and O–H groups in total. The second-order valence-electron chi connectivity index (χ2n) is 4.19. The van der Waals surface area contributed by atoms with Gasteiger partial charge in [-0.1, -0.05) is 0 Å². The Morgan fingerprint density at radius 1 is 1.38 bits per heavy atom. The maximum absolute atomic E-state index is 13.8. The maximum atomic E-state index is 13.8. The van der Waals surface area contributed by atoms with Crippen LogP contribution in [0.1, 0.15) is 10.4 Å².